The minimum absolute atomic E-state index is 0.338. The molecule has 0 bridgehead atoms. The van der Waals surface area contributed by atoms with Crippen molar-refractivity contribution in [1.82, 2.24) is 0 Å². The van der Waals surface area contributed by atoms with Gasteiger partial charge in [-0.2, -0.15) is 0 Å². The van der Waals surface area contributed by atoms with E-state index in [0.717, 1.165) is 0 Å². The van der Waals surface area contributed by atoms with Crippen molar-refractivity contribution in [3.8, 4) is 11.5 Å². The number of rotatable bonds is 10. The van der Waals surface area contributed by atoms with Gasteiger partial charge in [-0.1, -0.05) is 54.6 Å². The second-order valence-electron chi connectivity index (χ2n) is 7.86. The topological polar surface area (TPSA) is 88.1 Å². The average Bonchev–Trinajstić information content (AvgIpc) is 2.87. The van der Waals surface area contributed by atoms with Gasteiger partial charge in [0.2, 0.25) is 0 Å². The molecule has 0 aliphatic carbocycles. The zero-order chi connectivity index (χ0) is 25.4. The molecule has 3 rings (SSSR count). The van der Waals surface area contributed by atoms with Crippen molar-refractivity contribution in [2.45, 2.75) is 26.1 Å². The molecule has 0 aromatic heterocycles. The van der Waals surface area contributed by atoms with Crippen LogP contribution in [0.1, 0.15) is 47.5 Å². The van der Waals surface area contributed by atoms with Crippen molar-refractivity contribution >= 4 is 17.7 Å². The van der Waals surface area contributed by atoms with E-state index < -0.39 is 30.1 Å². The summed E-state index contributed by atoms with van der Waals surface area (Å²) in [6.07, 6.45) is -2.09. The molecule has 35 heavy (non-hydrogen) atoms. The van der Waals surface area contributed by atoms with E-state index in [1.165, 1.54) is 13.8 Å². The van der Waals surface area contributed by atoms with Crippen LogP contribution in [0.25, 0.3) is 0 Å². The van der Waals surface area contributed by atoms with Crippen LogP contribution in [-0.2, 0) is 19.1 Å². The highest BCUT2D eigenvalue weighted by Crippen LogP contribution is 2.41. The zero-order valence-electron chi connectivity index (χ0n) is 20.1. The highest BCUT2D eigenvalue weighted by atomic mass is 16.6. The van der Waals surface area contributed by atoms with Crippen LogP contribution < -0.4 is 9.47 Å². The summed E-state index contributed by atoms with van der Waals surface area (Å²) in [6.45, 7) is 2.55. The Morgan fingerprint density at radius 2 is 1.00 bits per heavy atom. The van der Waals surface area contributed by atoms with Gasteiger partial charge in [0.05, 0.1) is 14.2 Å². The Balaban J connectivity index is 2.20. The van der Waals surface area contributed by atoms with E-state index in [1.807, 2.05) is 0 Å². The summed E-state index contributed by atoms with van der Waals surface area (Å²) in [5.74, 6) is -1.36. The van der Waals surface area contributed by atoms with Gasteiger partial charge in [-0.15, -0.1) is 0 Å². The minimum Gasteiger partial charge on any atom is -0.497 e. The molecule has 0 saturated carbocycles. The number of esters is 2. The van der Waals surface area contributed by atoms with E-state index in [1.54, 1.807) is 93.1 Å². The molecule has 7 heteroatoms. The van der Waals surface area contributed by atoms with Crippen LogP contribution in [0.5, 0.6) is 11.5 Å². The Kier molecular flexibility index (Phi) is 8.62. The van der Waals surface area contributed by atoms with Gasteiger partial charge in [0, 0.05) is 19.4 Å². The second-order valence-corrected chi connectivity index (χ2v) is 7.86. The molecule has 2 atom stereocenters. The number of carbonyl (C=O) groups excluding carboxylic acids is 3. The van der Waals surface area contributed by atoms with Crippen LogP contribution in [0.15, 0.2) is 78.9 Å². The third-order valence-electron chi connectivity index (χ3n) is 5.49. The molecule has 0 radical (unpaired) electrons. The number of ether oxygens (including phenoxy) is 4. The van der Waals surface area contributed by atoms with Crippen molar-refractivity contribution in [3.63, 3.8) is 0 Å². The van der Waals surface area contributed by atoms with E-state index >= 15 is 0 Å². The lowest BCUT2D eigenvalue weighted by Gasteiger charge is -2.32. The molecule has 0 fully saturated rings. The third-order valence-corrected chi connectivity index (χ3v) is 5.49. The van der Waals surface area contributed by atoms with Gasteiger partial charge in [-0.05, 0) is 35.4 Å². The quantitative estimate of drug-likeness (QED) is 0.297. The number of hydrogen-bond donors (Lipinski definition) is 0. The van der Waals surface area contributed by atoms with Gasteiger partial charge in [0.25, 0.3) is 0 Å². The first-order valence-electron chi connectivity index (χ1n) is 11.1. The standard InChI is InChI=1S/C28H28O7/c1-18(29)34-27(21-10-14-23(32-3)15-11-21)25(26(31)20-8-6-5-7-9-20)28(35-19(2)30)22-12-16-24(33-4)17-13-22/h5-17,25,27-28H,1-4H3. The first-order chi connectivity index (χ1) is 16.8. The van der Waals surface area contributed by atoms with E-state index in [0.29, 0.717) is 28.2 Å². The SMILES string of the molecule is COc1ccc(C(OC(C)=O)C(C(=O)c2ccccc2)C(OC(C)=O)c2ccc(OC)cc2)cc1. The Hall–Kier alpha value is -4.13. The second kappa shape index (κ2) is 11.8. The summed E-state index contributed by atoms with van der Waals surface area (Å²) in [6, 6.07) is 22.4. The highest BCUT2D eigenvalue weighted by molar-refractivity contribution is 5.99. The molecule has 0 N–H and O–H groups in total. The van der Waals surface area contributed by atoms with Gasteiger partial charge in [0.1, 0.15) is 29.6 Å². The zero-order valence-corrected chi connectivity index (χ0v) is 20.1. The van der Waals surface area contributed by atoms with Crippen LogP contribution in [-0.4, -0.2) is 31.9 Å². The molecule has 0 amide bonds. The Bertz CT molecular complexity index is 1070. The summed E-state index contributed by atoms with van der Waals surface area (Å²) >= 11 is 0. The van der Waals surface area contributed by atoms with Gasteiger partial charge in [-0.25, -0.2) is 0 Å². The number of ketones is 1. The van der Waals surface area contributed by atoms with Crippen molar-refractivity contribution < 1.29 is 33.3 Å². The number of benzene rings is 3. The van der Waals surface area contributed by atoms with Crippen molar-refractivity contribution in [3.05, 3.63) is 95.6 Å². The number of carbonyl (C=O) groups is 3. The fraction of sp³-hybridized carbons (Fsp3) is 0.250. The molecule has 182 valence electrons. The smallest absolute Gasteiger partial charge is 0.303 e. The summed E-state index contributed by atoms with van der Waals surface area (Å²) < 4.78 is 21.9. The molecular weight excluding hydrogens is 448 g/mol. The Morgan fingerprint density at radius 1 is 0.600 bits per heavy atom. The Labute approximate surface area is 204 Å². The number of Topliss-reactive ketones (excluding diaryl/α,β-unsaturated/α-hetero) is 1. The maximum atomic E-state index is 14.0. The van der Waals surface area contributed by atoms with Crippen LogP contribution in [0.2, 0.25) is 0 Å². The monoisotopic (exact) mass is 476 g/mol. The average molecular weight is 477 g/mol. The molecule has 3 aromatic rings. The minimum atomic E-state index is -1.08. The molecule has 0 aliphatic rings. The lowest BCUT2D eigenvalue weighted by molar-refractivity contribution is -0.157. The van der Waals surface area contributed by atoms with Gasteiger partial charge < -0.3 is 18.9 Å². The fourth-order valence-electron chi connectivity index (χ4n) is 3.87. The van der Waals surface area contributed by atoms with E-state index in [9.17, 15) is 14.4 Å². The molecule has 0 spiro atoms. The molecule has 0 heterocycles. The molecule has 3 aromatic carbocycles. The summed E-state index contributed by atoms with van der Waals surface area (Å²) in [7, 11) is 3.08. The van der Waals surface area contributed by atoms with E-state index in [4.69, 9.17) is 18.9 Å². The van der Waals surface area contributed by atoms with Gasteiger partial charge in [-0.3, -0.25) is 14.4 Å². The van der Waals surface area contributed by atoms with Crippen LogP contribution >= 0.6 is 0 Å². The van der Waals surface area contributed by atoms with Crippen LogP contribution in [0, 0.1) is 5.92 Å². The predicted octanol–water partition coefficient (Wildman–Crippen LogP) is 5.11. The van der Waals surface area contributed by atoms with Gasteiger partial charge in [0.15, 0.2) is 5.78 Å². The third kappa shape index (κ3) is 6.47. The predicted molar refractivity (Wildman–Crippen MR) is 129 cm³/mol. The molecular formula is C28H28O7. The highest BCUT2D eigenvalue weighted by Gasteiger charge is 2.42. The lowest BCUT2D eigenvalue weighted by atomic mass is 9.81. The summed E-state index contributed by atoms with van der Waals surface area (Å²) in [5.41, 5.74) is 1.51. The summed E-state index contributed by atoms with van der Waals surface area (Å²) in [4.78, 5) is 38.3. The number of hydrogen-bond acceptors (Lipinski definition) is 7. The van der Waals surface area contributed by atoms with Crippen molar-refractivity contribution in [2.75, 3.05) is 14.2 Å². The summed E-state index contributed by atoms with van der Waals surface area (Å²) in [5, 5.41) is 0. The van der Waals surface area contributed by atoms with Crippen LogP contribution in [0.4, 0.5) is 0 Å². The molecule has 0 saturated heterocycles. The van der Waals surface area contributed by atoms with E-state index in [2.05, 4.69) is 0 Å². The maximum Gasteiger partial charge on any atom is 0.303 e. The van der Waals surface area contributed by atoms with E-state index in [-0.39, 0.29) is 5.78 Å². The van der Waals surface area contributed by atoms with Gasteiger partial charge >= 0.3 is 11.9 Å². The lowest BCUT2D eigenvalue weighted by Crippen LogP contribution is -2.33. The molecule has 7 nitrogen and oxygen atoms in total. The van der Waals surface area contributed by atoms with Crippen molar-refractivity contribution in [1.29, 1.82) is 0 Å². The van der Waals surface area contributed by atoms with Crippen LogP contribution in [0.3, 0.4) is 0 Å². The normalized spacial score (nSPS) is 13.1. The first kappa shape index (κ1) is 25.5. The number of methoxy groups -OCH3 is 2. The largest absolute Gasteiger partial charge is 0.497 e. The first-order valence-corrected chi connectivity index (χ1v) is 11.1. The maximum absolute atomic E-state index is 14.0. The molecule has 0 aliphatic heterocycles. The fourth-order valence-corrected chi connectivity index (χ4v) is 3.87. The Morgan fingerprint density at radius 3 is 1.34 bits per heavy atom. The van der Waals surface area contributed by atoms with Crippen molar-refractivity contribution in [2.24, 2.45) is 5.92 Å². The molecule has 2 unspecified atom stereocenters.